The Morgan fingerprint density at radius 2 is 2.03 bits per heavy atom. The van der Waals surface area contributed by atoms with Crippen LogP contribution >= 0.6 is 0 Å². The quantitative estimate of drug-likeness (QED) is 0.663. The molecule has 0 unspecified atom stereocenters. The van der Waals surface area contributed by atoms with Crippen molar-refractivity contribution >= 4 is 5.91 Å². The zero-order chi connectivity index (χ0) is 21.1. The number of aromatic nitrogens is 5. The largest absolute Gasteiger partial charge is 0.497 e. The minimum Gasteiger partial charge on any atom is -0.497 e. The van der Waals surface area contributed by atoms with E-state index < -0.39 is 6.04 Å². The first-order valence-electron chi connectivity index (χ1n) is 10.1. The number of methoxy groups -OCH3 is 1. The number of hydrogen-bond acceptors (Lipinski definition) is 5. The minimum atomic E-state index is -0.459. The summed E-state index contributed by atoms with van der Waals surface area (Å²) < 4.78 is 10.0. The highest BCUT2D eigenvalue weighted by Gasteiger charge is 2.23. The number of aryl methyl sites for hydroxylation is 2. The van der Waals surface area contributed by atoms with E-state index >= 15 is 0 Å². The molecule has 0 aliphatic carbocycles. The van der Waals surface area contributed by atoms with Crippen LogP contribution in [0.2, 0.25) is 0 Å². The van der Waals surface area contributed by atoms with E-state index in [4.69, 9.17) is 4.74 Å². The van der Waals surface area contributed by atoms with Gasteiger partial charge in [-0.3, -0.25) is 9.36 Å². The van der Waals surface area contributed by atoms with E-state index in [9.17, 15) is 9.59 Å². The maximum absolute atomic E-state index is 12.9. The molecule has 1 aromatic carbocycles. The average Bonchev–Trinajstić information content (AvgIpc) is 3.20. The Balaban J connectivity index is 1.56. The molecule has 158 valence electrons. The Bertz CT molecular complexity index is 1080. The van der Waals surface area contributed by atoms with Gasteiger partial charge in [0, 0.05) is 32.4 Å². The molecule has 9 heteroatoms. The first-order chi connectivity index (χ1) is 14.6. The summed E-state index contributed by atoms with van der Waals surface area (Å²) in [4.78, 5) is 29.9. The summed E-state index contributed by atoms with van der Waals surface area (Å²) in [7, 11) is 3.49. The Kier molecular flexibility index (Phi) is 5.69. The molecular weight excluding hydrogens is 384 g/mol. The summed E-state index contributed by atoms with van der Waals surface area (Å²) >= 11 is 0. The molecule has 3 aromatic rings. The van der Waals surface area contributed by atoms with E-state index in [2.05, 4.69) is 15.4 Å². The lowest BCUT2D eigenvalue weighted by Gasteiger charge is -2.19. The average molecular weight is 410 g/mol. The lowest BCUT2D eigenvalue weighted by atomic mass is 10.1. The molecule has 30 heavy (non-hydrogen) atoms. The number of nitrogens with one attached hydrogen (secondary N) is 1. The molecule has 1 aliphatic heterocycles. The topological polar surface area (TPSA) is 96.0 Å². The van der Waals surface area contributed by atoms with Gasteiger partial charge in [0.05, 0.1) is 7.11 Å². The number of amides is 1. The summed E-state index contributed by atoms with van der Waals surface area (Å²) in [6, 6.07) is 7.01. The third-order valence-electron chi connectivity index (χ3n) is 5.45. The van der Waals surface area contributed by atoms with Crippen LogP contribution < -0.4 is 15.7 Å². The fraction of sp³-hybridized carbons (Fsp3) is 0.429. The Hall–Kier alpha value is -3.36. The van der Waals surface area contributed by atoms with E-state index in [1.54, 1.807) is 17.9 Å². The van der Waals surface area contributed by atoms with Crippen LogP contribution in [-0.2, 0) is 31.4 Å². The van der Waals surface area contributed by atoms with Crippen molar-refractivity contribution in [2.45, 2.75) is 44.8 Å². The molecule has 0 saturated heterocycles. The van der Waals surface area contributed by atoms with E-state index in [-0.39, 0.29) is 18.1 Å². The smallest absolute Gasteiger partial charge is 0.346 e. The zero-order valence-corrected chi connectivity index (χ0v) is 17.2. The molecule has 0 saturated carbocycles. The minimum absolute atomic E-state index is 0.129. The number of nitrogens with zero attached hydrogens (tertiary/aromatic N) is 5. The number of imidazole rings is 1. The third-order valence-corrected chi connectivity index (χ3v) is 5.45. The second kappa shape index (κ2) is 8.56. The normalized spacial score (nSPS) is 14.6. The highest BCUT2D eigenvalue weighted by Crippen LogP contribution is 2.23. The van der Waals surface area contributed by atoms with E-state index in [1.807, 2.05) is 42.1 Å². The third kappa shape index (κ3) is 4.00. The number of benzene rings is 1. The molecule has 0 fully saturated rings. The van der Waals surface area contributed by atoms with E-state index in [0.29, 0.717) is 12.4 Å². The number of carbonyl (C=O) groups is 1. The maximum atomic E-state index is 12.9. The van der Waals surface area contributed by atoms with Crippen molar-refractivity contribution in [1.29, 1.82) is 0 Å². The van der Waals surface area contributed by atoms with Gasteiger partial charge < -0.3 is 14.6 Å². The van der Waals surface area contributed by atoms with Gasteiger partial charge in [-0.15, -0.1) is 0 Å². The maximum Gasteiger partial charge on any atom is 0.346 e. The number of carbonyl (C=O) groups excluding carboxylic acids is 1. The van der Waals surface area contributed by atoms with Crippen molar-refractivity contribution in [2.75, 3.05) is 7.11 Å². The predicted octanol–water partition coefficient (Wildman–Crippen LogP) is 1.42. The summed E-state index contributed by atoms with van der Waals surface area (Å²) in [6.45, 7) is 0.535. The van der Waals surface area contributed by atoms with Crippen molar-refractivity contribution in [1.82, 2.24) is 29.2 Å². The summed E-state index contributed by atoms with van der Waals surface area (Å²) in [5, 5.41) is 7.41. The van der Waals surface area contributed by atoms with Crippen LogP contribution in [0.25, 0.3) is 0 Å². The van der Waals surface area contributed by atoms with Gasteiger partial charge in [0.2, 0.25) is 5.91 Å². The van der Waals surface area contributed by atoms with Crippen molar-refractivity contribution < 1.29 is 9.53 Å². The van der Waals surface area contributed by atoms with Gasteiger partial charge >= 0.3 is 5.69 Å². The van der Waals surface area contributed by atoms with Crippen LogP contribution in [0.4, 0.5) is 0 Å². The fourth-order valence-electron chi connectivity index (χ4n) is 3.82. The van der Waals surface area contributed by atoms with E-state index in [1.165, 1.54) is 4.68 Å². The van der Waals surface area contributed by atoms with Gasteiger partial charge in [-0.2, -0.15) is 5.10 Å². The van der Waals surface area contributed by atoms with Gasteiger partial charge in [0.15, 0.2) is 0 Å². The molecule has 2 aromatic heterocycles. The molecule has 4 rings (SSSR count). The lowest BCUT2D eigenvalue weighted by molar-refractivity contribution is -0.122. The highest BCUT2D eigenvalue weighted by atomic mass is 16.5. The monoisotopic (exact) mass is 410 g/mol. The highest BCUT2D eigenvalue weighted by molar-refractivity contribution is 5.76. The summed E-state index contributed by atoms with van der Waals surface area (Å²) in [5.41, 5.74) is 0.645. The van der Waals surface area contributed by atoms with Crippen LogP contribution in [0.15, 0.2) is 41.5 Å². The Labute approximate surface area is 174 Å². The van der Waals surface area contributed by atoms with Crippen molar-refractivity contribution in [3.05, 3.63) is 64.4 Å². The van der Waals surface area contributed by atoms with E-state index in [0.717, 1.165) is 42.8 Å². The molecule has 0 bridgehead atoms. The van der Waals surface area contributed by atoms with Gasteiger partial charge in [0.1, 0.15) is 30.0 Å². The lowest BCUT2D eigenvalue weighted by Crippen LogP contribution is -2.37. The van der Waals surface area contributed by atoms with Crippen molar-refractivity contribution in [2.24, 2.45) is 7.05 Å². The SMILES string of the molecule is COc1ccc([C@H](NC(=O)Cn2nc3n(c2=O)CCCCC3)c2nccn2C)cc1. The molecule has 1 atom stereocenters. The fourth-order valence-corrected chi connectivity index (χ4v) is 3.82. The van der Waals surface area contributed by atoms with Gasteiger partial charge in [0.25, 0.3) is 0 Å². The molecule has 9 nitrogen and oxygen atoms in total. The Morgan fingerprint density at radius 3 is 2.73 bits per heavy atom. The summed E-state index contributed by atoms with van der Waals surface area (Å²) in [5.74, 6) is 1.89. The zero-order valence-electron chi connectivity index (χ0n) is 17.2. The molecular formula is C21H26N6O3. The second-order valence-corrected chi connectivity index (χ2v) is 7.49. The number of rotatable bonds is 6. The standard InChI is InChI=1S/C21H26N6O3/c1-25-13-11-22-20(25)19(15-7-9-16(30-2)10-8-15)23-18(28)14-27-21(29)26-12-5-3-4-6-17(26)24-27/h7-11,13,19H,3-6,12,14H2,1-2H3,(H,23,28)/t19-/m0/s1. The second-order valence-electron chi connectivity index (χ2n) is 7.49. The summed E-state index contributed by atoms with van der Waals surface area (Å²) in [6.07, 6.45) is 7.36. The molecule has 3 heterocycles. The Morgan fingerprint density at radius 1 is 1.23 bits per heavy atom. The van der Waals surface area contributed by atoms with Gasteiger partial charge in [-0.1, -0.05) is 18.6 Å². The van der Waals surface area contributed by atoms with Crippen LogP contribution in [0, 0.1) is 0 Å². The number of hydrogen-bond donors (Lipinski definition) is 1. The van der Waals surface area contributed by atoms with Crippen LogP contribution in [0.5, 0.6) is 5.75 Å². The first-order valence-corrected chi connectivity index (χ1v) is 10.1. The van der Waals surface area contributed by atoms with Crippen LogP contribution in [-0.4, -0.2) is 36.9 Å². The molecule has 0 radical (unpaired) electrons. The first kappa shape index (κ1) is 19.9. The predicted molar refractivity (Wildman–Crippen MR) is 110 cm³/mol. The van der Waals surface area contributed by atoms with Crippen molar-refractivity contribution in [3.8, 4) is 5.75 Å². The van der Waals surface area contributed by atoms with Gasteiger partial charge in [-0.05, 0) is 30.5 Å². The number of fused-ring (bicyclic) bond motifs is 1. The van der Waals surface area contributed by atoms with Crippen molar-refractivity contribution in [3.63, 3.8) is 0 Å². The van der Waals surface area contributed by atoms with Crippen LogP contribution in [0.3, 0.4) is 0 Å². The van der Waals surface area contributed by atoms with Crippen LogP contribution in [0.1, 0.15) is 42.5 Å². The van der Waals surface area contributed by atoms with Gasteiger partial charge in [-0.25, -0.2) is 14.5 Å². The molecule has 1 amide bonds. The molecule has 1 aliphatic rings. The molecule has 0 spiro atoms. The molecule has 1 N–H and O–H groups in total. The number of ether oxygens (including phenoxy) is 1.